The van der Waals surface area contributed by atoms with Crippen LogP contribution in [0.1, 0.15) is 20.3 Å². The zero-order valence-electron chi connectivity index (χ0n) is 10.0. The minimum atomic E-state index is -0.917. The molecule has 1 N–H and O–H groups in total. The summed E-state index contributed by atoms with van der Waals surface area (Å²) in [7, 11) is 1.48. The lowest BCUT2D eigenvalue weighted by Crippen LogP contribution is -2.41. The first-order valence-electron chi connectivity index (χ1n) is 5.44. The molecule has 1 aliphatic heterocycles. The summed E-state index contributed by atoms with van der Waals surface area (Å²) < 4.78 is 4.96. The van der Waals surface area contributed by atoms with E-state index < -0.39 is 11.4 Å². The Labute approximate surface area is 95.4 Å². The molecular weight excluding hydrogens is 210 g/mol. The molecule has 0 aromatic carbocycles. The minimum absolute atomic E-state index is 0.0132. The number of ether oxygens (including phenoxy) is 1. The molecule has 0 saturated carbocycles. The topological polar surface area (TPSA) is 66.8 Å². The van der Waals surface area contributed by atoms with Crippen LogP contribution in [0.15, 0.2) is 0 Å². The maximum Gasteiger partial charge on any atom is 0.313 e. The average molecular weight is 229 g/mol. The van der Waals surface area contributed by atoms with E-state index in [-0.39, 0.29) is 25.0 Å². The number of carboxylic acids is 1. The lowest BCUT2D eigenvalue weighted by molar-refractivity contribution is -0.151. The number of aliphatic carboxylic acids is 1. The fraction of sp³-hybridized carbons (Fsp3) is 0.818. The predicted molar refractivity (Wildman–Crippen MR) is 58.0 cm³/mol. The number of carboxylic acid groups (broad SMARTS) is 1. The van der Waals surface area contributed by atoms with E-state index in [1.54, 1.807) is 4.90 Å². The molecule has 1 amide bonds. The maximum atomic E-state index is 11.8. The lowest BCUT2D eigenvalue weighted by atomic mass is 9.88. The summed E-state index contributed by atoms with van der Waals surface area (Å²) in [5.74, 6) is -0.959. The molecule has 1 unspecified atom stereocenters. The SMILES string of the molecule is COCC1(C(=O)O)CCN(C(=O)C(C)C)C1. The van der Waals surface area contributed by atoms with Crippen molar-refractivity contribution >= 4 is 11.9 Å². The van der Waals surface area contributed by atoms with E-state index in [4.69, 9.17) is 4.74 Å². The van der Waals surface area contributed by atoms with Crippen LogP contribution in [-0.2, 0) is 14.3 Å². The summed E-state index contributed by atoms with van der Waals surface area (Å²) in [5, 5.41) is 9.22. The third-order valence-corrected chi connectivity index (χ3v) is 3.03. The molecule has 16 heavy (non-hydrogen) atoms. The van der Waals surface area contributed by atoms with Crippen LogP contribution in [0.4, 0.5) is 0 Å². The Morgan fingerprint density at radius 1 is 1.50 bits per heavy atom. The van der Waals surface area contributed by atoms with Crippen LogP contribution in [0.2, 0.25) is 0 Å². The first kappa shape index (κ1) is 13.0. The molecular formula is C11H19NO4. The zero-order valence-corrected chi connectivity index (χ0v) is 10.0. The highest BCUT2D eigenvalue weighted by Gasteiger charge is 2.46. The Kier molecular flexibility index (Phi) is 3.91. The van der Waals surface area contributed by atoms with Gasteiger partial charge in [-0.2, -0.15) is 0 Å². The molecule has 5 heteroatoms. The number of hydrogen-bond acceptors (Lipinski definition) is 3. The van der Waals surface area contributed by atoms with Gasteiger partial charge in [-0.1, -0.05) is 13.8 Å². The van der Waals surface area contributed by atoms with E-state index in [9.17, 15) is 14.7 Å². The molecule has 1 aliphatic rings. The molecule has 1 saturated heterocycles. The summed E-state index contributed by atoms with van der Waals surface area (Å²) in [6, 6.07) is 0. The van der Waals surface area contributed by atoms with Gasteiger partial charge in [-0.05, 0) is 6.42 Å². The number of likely N-dealkylation sites (tertiary alicyclic amines) is 1. The van der Waals surface area contributed by atoms with Crippen molar-refractivity contribution in [3.8, 4) is 0 Å². The van der Waals surface area contributed by atoms with E-state index in [0.29, 0.717) is 13.0 Å². The second kappa shape index (κ2) is 4.82. The lowest BCUT2D eigenvalue weighted by Gasteiger charge is -2.24. The predicted octanol–water partition coefficient (Wildman–Crippen LogP) is 0.592. The van der Waals surface area contributed by atoms with Gasteiger partial charge in [0.1, 0.15) is 5.41 Å². The summed E-state index contributed by atoms with van der Waals surface area (Å²) in [6.45, 7) is 4.56. The Hall–Kier alpha value is -1.10. The van der Waals surface area contributed by atoms with Gasteiger partial charge in [-0.15, -0.1) is 0 Å². The highest BCUT2D eigenvalue weighted by molar-refractivity contribution is 5.81. The number of nitrogens with zero attached hydrogens (tertiary/aromatic N) is 1. The monoisotopic (exact) mass is 229 g/mol. The van der Waals surface area contributed by atoms with E-state index in [2.05, 4.69) is 0 Å². The number of rotatable bonds is 4. The number of carbonyl (C=O) groups is 2. The second-order valence-electron chi connectivity index (χ2n) is 4.68. The van der Waals surface area contributed by atoms with Gasteiger partial charge in [0.15, 0.2) is 0 Å². The Morgan fingerprint density at radius 3 is 2.56 bits per heavy atom. The van der Waals surface area contributed by atoms with E-state index in [1.807, 2.05) is 13.8 Å². The molecule has 0 aliphatic carbocycles. The summed E-state index contributed by atoms with van der Waals surface area (Å²) in [4.78, 5) is 24.6. The zero-order chi connectivity index (χ0) is 12.3. The standard InChI is InChI=1S/C11H19NO4/c1-8(2)9(13)12-5-4-11(6-12,7-16-3)10(14)15/h8H,4-7H2,1-3H3,(H,14,15). The van der Waals surface area contributed by atoms with Gasteiger partial charge in [0.2, 0.25) is 5.91 Å². The highest BCUT2D eigenvalue weighted by atomic mass is 16.5. The van der Waals surface area contributed by atoms with Gasteiger partial charge in [-0.25, -0.2) is 0 Å². The van der Waals surface area contributed by atoms with Crippen molar-refractivity contribution in [1.29, 1.82) is 0 Å². The van der Waals surface area contributed by atoms with Crippen LogP contribution in [0, 0.1) is 11.3 Å². The Bertz CT molecular complexity index is 290. The van der Waals surface area contributed by atoms with Gasteiger partial charge in [0, 0.05) is 26.1 Å². The summed E-state index contributed by atoms with van der Waals surface area (Å²) >= 11 is 0. The van der Waals surface area contributed by atoms with Crippen LogP contribution >= 0.6 is 0 Å². The minimum Gasteiger partial charge on any atom is -0.481 e. The molecule has 0 spiro atoms. The molecule has 1 heterocycles. The summed E-state index contributed by atoms with van der Waals surface area (Å²) in [5.41, 5.74) is -0.917. The Morgan fingerprint density at radius 2 is 2.12 bits per heavy atom. The van der Waals surface area contributed by atoms with Crippen molar-refractivity contribution in [1.82, 2.24) is 4.90 Å². The van der Waals surface area contributed by atoms with Gasteiger partial charge in [0.25, 0.3) is 0 Å². The van der Waals surface area contributed by atoms with E-state index >= 15 is 0 Å². The normalized spacial score (nSPS) is 25.1. The smallest absolute Gasteiger partial charge is 0.313 e. The van der Waals surface area contributed by atoms with Crippen molar-refractivity contribution in [2.75, 3.05) is 26.8 Å². The maximum absolute atomic E-state index is 11.8. The molecule has 92 valence electrons. The van der Waals surface area contributed by atoms with Crippen molar-refractivity contribution in [2.45, 2.75) is 20.3 Å². The molecule has 0 radical (unpaired) electrons. The van der Waals surface area contributed by atoms with E-state index in [1.165, 1.54) is 7.11 Å². The molecule has 1 fully saturated rings. The second-order valence-corrected chi connectivity index (χ2v) is 4.68. The first-order valence-corrected chi connectivity index (χ1v) is 5.44. The third-order valence-electron chi connectivity index (χ3n) is 3.03. The fourth-order valence-corrected chi connectivity index (χ4v) is 2.06. The third kappa shape index (κ3) is 2.35. The van der Waals surface area contributed by atoms with Crippen LogP contribution in [0.3, 0.4) is 0 Å². The average Bonchev–Trinajstić information content (AvgIpc) is 2.62. The molecule has 0 bridgehead atoms. The van der Waals surface area contributed by atoms with Crippen LogP contribution < -0.4 is 0 Å². The van der Waals surface area contributed by atoms with Crippen LogP contribution in [-0.4, -0.2) is 48.7 Å². The Balaban J connectivity index is 2.74. The van der Waals surface area contributed by atoms with Crippen molar-refractivity contribution in [3.05, 3.63) is 0 Å². The van der Waals surface area contributed by atoms with Crippen LogP contribution in [0.25, 0.3) is 0 Å². The van der Waals surface area contributed by atoms with Gasteiger partial charge < -0.3 is 14.7 Å². The summed E-state index contributed by atoms with van der Waals surface area (Å²) in [6.07, 6.45) is 0.467. The van der Waals surface area contributed by atoms with Crippen molar-refractivity contribution in [3.63, 3.8) is 0 Å². The quantitative estimate of drug-likeness (QED) is 0.766. The number of carbonyl (C=O) groups excluding carboxylic acids is 1. The van der Waals surface area contributed by atoms with Gasteiger partial charge in [0.05, 0.1) is 6.61 Å². The number of hydrogen-bond donors (Lipinski definition) is 1. The van der Waals surface area contributed by atoms with Gasteiger partial charge in [-0.3, -0.25) is 9.59 Å². The first-order chi connectivity index (χ1) is 7.43. The highest BCUT2D eigenvalue weighted by Crippen LogP contribution is 2.31. The number of methoxy groups -OCH3 is 1. The van der Waals surface area contributed by atoms with Gasteiger partial charge >= 0.3 is 5.97 Å². The molecule has 1 rings (SSSR count). The number of amides is 1. The van der Waals surface area contributed by atoms with Crippen LogP contribution in [0.5, 0.6) is 0 Å². The molecule has 0 aromatic rings. The van der Waals surface area contributed by atoms with Crippen molar-refractivity contribution in [2.24, 2.45) is 11.3 Å². The molecule has 1 atom stereocenters. The molecule has 0 aromatic heterocycles. The van der Waals surface area contributed by atoms with E-state index in [0.717, 1.165) is 0 Å². The van der Waals surface area contributed by atoms with Crippen molar-refractivity contribution < 1.29 is 19.4 Å². The fourth-order valence-electron chi connectivity index (χ4n) is 2.06. The largest absolute Gasteiger partial charge is 0.481 e. The molecule has 5 nitrogen and oxygen atoms in total.